The Morgan fingerprint density at radius 3 is 2.86 bits per heavy atom. The highest BCUT2D eigenvalue weighted by atomic mass is 16.5. The lowest BCUT2D eigenvalue weighted by Crippen LogP contribution is -2.18. The van der Waals surface area contributed by atoms with E-state index in [1.165, 1.54) is 11.1 Å². The Morgan fingerprint density at radius 1 is 1.29 bits per heavy atom. The van der Waals surface area contributed by atoms with Crippen molar-refractivity contribution < 1.29 is 4.74 Å². The molecule has 0 aliphatic rings. The van der Waals surface area contributed by atoms with Crippen molar-refractivity contribution in [2.45, 2.75) is 26.8 Å². The standard InChI is InChI=1S/C17H25N3O/c1-14(2)10-18-11-15-5-4-6-17(9-15)21-8-7-16-12-19-20(3)13-16/h4-6,9,12-14,18H,7-8,10-11H2,1-3H3. The molecule has 0 atom stereocenters. The van der Waals surface area contributed by atoms with Crippen molar-refractivity contribution in [3.63, 3.8) is 0 Å². The van der Waals surface area contributed by atoms with Crippen molar-refractivity contribution >= 4 is 0 Å². The number of benzene rings is 1. The van der Waals surface area contributed by atoms with Crippen LogP contribution in [0, 0.1) is 5.92 Å². The number of aromatic nitrogens is 2. The predicted molar refractivity (Wildman–Crippen MR) is 85.4 cm³/mol. The second-order valence-electron chi connectivity index (χ2n) is 5.79. The topological polar surface area (TPSA) is 39.1 Å². The van der Waals surface area contributed by atoms with Gasteiger partial charge in [-0.2, -0.15) is 5.10 Å². The Bertz CT molecular complexity index is 548. The Balaban J connectivity index is 1.77. The fraction of sp³-hybridized carbons (Fsp3) is 0.471. The van der Waals surface area contributed by atoms with Gasteiger partial charge in [0.25, 0.3) is 0 Å². The molecule has 1 N–H and O–H groups in total. The smallest absolute Gasteiger partial charge is 0.119 e. The van der Waals surface area contributed by atoms with Gasteiger partial charge in [-0.15, -0.1) is 0 Å². The van der Waals surface area contributed by atoms with Gasteiger partial charge in [-0.05, 0) is 35.7 Å². The molecular formula is C17H25N3O. The molecule has 0 aliphatic carbocycles. The SMILES string of the molecule is CC(C)CNCc1cccc(OCCc2cnn(C)c2)c1. The van der Waals surface area contributed by atoms with Crippen LogP contribution in [0.1, 0.15) is 25.0 Å². The molecule has 0 fully saturated rings. The molecule has 1 aromatic carbocycles. The number of ether oxygens (including phenoxy) is 1. The molecule has 0 saturated carbocycles. The first-order valence-corrected chi connectivity index (χ1v) is 7.53. The maximum atomic E-state index is 5.82. The van der Waals surface area contributed by atoms with Crippen molar-refractivity contribution in [2.75, 3.05) is 13.2 Å². The summed E-state index contributed by atoms with van der Waals surface area (Å²) < 4.78 is 7.64. The average Bonchev–Trinajstić information content (AvgIpc) is 2.85. The Morgan fingerprint density at radius 2 is 2.14 bits per heavy atom. The molecule has 0 saturated heterocycles. The van der Waals surface area contributed by atoms with Gasteiger partial charge >= 0.3 is 0 Å². The fourth-order valence-electron chi connectivity index (χ4n) is 2.14. The maximum Gasteiger partial charge on any atom is 0.119 e. The molecule has 1 aromatic heterocycles. The molecule has 0 amide bonds. The van der Waals surface area contributed by atoms with Crippen LogP contribution >= 0.6 is 0 Å². The van der Waals surface area contributed by atoms with Crippen molar-refractivity contribution in [2.24, 2.45) is 13.0 Å². The average molecular weight is 287 g/mol. The van der Waals surface area contributed by atoms with Crippen LogP contribution in [0.2, 0.25) is 0 Å². The molecule has 4 nitrogen and oxygen atoms in total. The van der Waals surface area contributed by atoms with Gasteiger partial charge in [0, 0.05) is 26.2 Å². The quantitative estimate of drug-likeness (QED) is 0.811. The molecule has 0 unspecified atom stereocenters. The lowest BCUT2D eigenvalue weighted by atomic mass is 10.2. The summed E-state index contributed by atoms with van der Waals surface area (Å²) in [5.74, 6) is 1.60. The normalized spacial score (nSPS) is 11.0. The molecule has 0 aliphatic heterocycles. The third-order valence-corrected chi connectivity index (χ3v) is 3.20. The highest BCUT2D eigenvalue weighted by molar-refractivity contribution is 5.28. The lowest BCUT2D eigenvalue weighted by Gasteiger charge is -2.10. The number of nitrogens with zero attached hydrogens (tertiary/aromatic N) is 2. The minimum absolute atomic E-state index is 0.670. The summed E-state index contributed by atoms with van der Waals surface area (Å²) in [6.45, 7) is 7.02. The summed E-state index contributed by atoms with van der Waals surface area (Å²) in [6, 6.07) is 8.29. The second kappa shape index (κ2) is 7.84. The van der Waals surface area contributed by atoms with E-state index in [9.17, 15) is 0 Å². The molecule has 2 rings (SSSR count). The highest BCUT2D eigenvalue weighted by Gasteiger charge is 2.00. The zero-order valence-corrected chi connectivity index (χ0v) is 13.2. The third kappa shape index (κ3) is 5.60. The van der Waals surface area contributed by atoms with Crippen LogP contribution in [0.4, 0.5) is 0 Å². The van der Waals surface area contributed by atoms with Gasteiger partial charge in [0.05, 0.1) is 12.8 Å². The van der Waals surface area contributed by atoms with E-state index >= 15 is 0 Å². The van der Waals surface area contributed by atoms with Crippen molar-refractivity contribution in [1.82, 2.24) is 15.1 Å². The summed E-state index contributed by atoms with van der Waals surface area (Å²) in [7, 11) is 1.93. The van der Waals surface area contributed by atoms with Crippen molar-refractivity contribution in [3.8, 4) is 5.75 Å². The molecule has 114 valence electrons. The molecule has 21 heavy (non-hydrogen) atoms. The molecular weight excluding hydrogens is 262 g/mol. The highest BCUT2D eigenvalue weighted by Crippen LogP contribution is 2.14. The largest absolute Gasteiger partial charge is 0.493 e. The summed E-state index contributed by atoms with van der Waals surface area (Å²) in [4.78, 5) is 0. The number of rotatable bonds is 8. The van der Waals surface area contributed by atoms with Crippen molar-refractivity contribution in [3.05, 3.63) is 47.8 Å². The maximum absolute atomic E-state index is 5.82. The number of nitrogens with one attached hydrogen (secondary N) is 1. The van der Waals surface area contributed by atoms with Crippen LogP contribution in [0.5, 0.6) is 5.75 Å². The van der Waals surface area contributed by atoms with Crippen LogP contribution in [0.15, 0.2) is 36.7 Å². The number of hydrogen-bond donors (Lipinski definition) is 1. The van der Waals surface area contributed by atoms with Crippen LogP contribution in [0.3, 0.4) is 0 Å². The lowest BCUT2D eigenvalue weighted by molar-refractivity contribution is 0.321. The number of hydrogen-bond acceptors (Lipinski definition) is 3. The van der Waals surface area contributed by atoms with Crippen molar-refractivity contribution in [1.29, 1.82) is 0 Å². The first kappa shape index (κ1) is 15.6. The molecule has 0 bridgehead atoms. The van der Waals surface area contributed by atoms with Gasteiger partial charge in [-0.25, -0.2) is 0 Å². The van der Waals surface area contributed by atoms with E-state index in [4.69, 9.17) is 4.74 Å². The summed E-state index contributed by atoms with van der Waals surface area (Å²) in [5, 5.41) is 7.60. The van der Waals surface area contributed by atoms with Crippen LogP contribution in [0.25, 0.3) is 0 Å². The van der Waals surface area contributed by atoms with Gasteiger partial charge in [0.1, 0.15) is 5.75 Å². The van der Waals surface area contributed by atoms with Gasteiger partial charge in [-0.3, -0.25) is 4.68 Å². The Kier molecular flexibility index (Phi) is 5.81. The van der Waals surface area contributed by atoms with E-state index in [1.807, 2.05) is 36.3 Å². The molecule has 0 radical (unpaired) electrons. The number of aryl methyl sites for hydroxylation is 1. The van der Waals surface area contributed by atoms with Gasteiger partial charge < -0.3 is 10.1 Å². The van der Waals surface area contributed by atoms with Gasteiger partial charge in [0.2, 0.25) is 0 Å². The molecule has 1 heterocycles. The second-order valence-corrected chi connectivity index (χ2v) is 5.79. The molecule has 4 heteroatoms. The predicted octanol–water partition coefficient (Wildman–Crippen LogP) is 2.79. The fourth-order valence-corrected chi connectivity index (χ4v) is 2.14. The molecule has 2 aromatic rings. The zero-order valence-electron chi connectivity index (χ0n) is 13.2. The van der Waals surface area contributed by atoms with Gasteiger partial charge in [0.15, 0.2) is 0 Å². The monoisotopic (exact) mass is 287 g/mol. The van der Waals surface area contributed by atoms with E-state index < -0.39 is 0 Å². The van der Waals surface area contributed by atoms with Crippen LogP contribution in [-0.4, -0.2) is 22.9 Å². The van der Waals surface area contributed by atoms with E-state index in [0.29, 0.717) is 12.5 Å². The first-order chi connectivity index (χ1) is 10.1. The summed E-state index contributed by atoms with van der Waals surface area (Å²) in [5.41, 5.74) is 2.46. The molecule has 0 spiro atoms. The summed E-state index contributed by atoms with van der Waals surface area (Å²) >= 11 is 0. The third-order valence-electron chi connectivity index (χ3n) is 3.20. The first-order valence-electron chi connectivity index (χ1n) is 7.53. The van der Waals surface area contributed by atoms with E-state index in [1.54, 1.807) is 0 Å². The van der Waals surface area contributed by atoms with Gasteiger partial charge in [-0.1, -0.05) is 26.0 Å². The summed E-state index contributed by atoms with van der Waals surface area (Å²) in [6.07, 6.45) is 4.79. The Labute approximate surface area is 127 Å². The Hall–Kier alpha value is -1.81. The minimum atomic E-state index is 0.670. The van der Waals surface area contributed by atoms with Crippen LogP contribution in [-0.2, 0) is 20.0 Å². The van der Waals surface area contributed by atoms with E-state index in [-0.39, 0.29) is 0 Å². The van der Waals surface area contributed by atoms with E-state index in [0.717, 1.165) is 25.3 Å². The van der Waals surface area contributed by atoms with E-state index in [2.05, 4.69) is 36.4 Å². The van der Waals surface area contributed by atoms with Crippen LogP contribution < -0.4 is 10.1 Å². The zero-order chi connectivity index (χ0) is 15.1. The minimum Gasteiger partial charge on any atom is -0.493 e.